The van der Waals surface area contributed by atoms with Gasteiger partial charge in [0.2, 0.25) is 0 Å². The number of aromatic nitrogens is 3. The topological polar surface area (TPSA) is 30.7 Å². The Morgan fingerprint density at radius 1 is 0.893 bits per heavy atom. The number of hydrogen-bond donors (Lipinski definition) is 0. The van der Waals surface area contributed by atoms with Crippen molar-refractivity contribution in [2.24, 2.45) is 0 Å². The van der Waals surface area contributed by atoms with Crippen molar-refractivity contribution in [2.75, 3.05) is 0 Å². The minimum Gasteiger partial charge on any atom is -0.255 e. The van der Waals surface area contributed by atoms with E-state index in [0.29, 0.717) is 0 Å². The minimum atomic E-state index is -0.270. The van der Waals surface area contributed by atoms with Crippen molar-refractivity contribution in [3.05, 3.63) is 88.8 Å². The number of nitrogens with zero attached hydrogens (tertiary/aromatic N) is 3. The normalized spacial score (nSPS) is 11.4. The van der Waals surface area contributed by atoms with Crippen LogP contribution in [0.4, 0.5) is 4.39 Å². The molecule has 0 amide bonds. The Morgan fingerprint density at radius 2 is 1.64 bits per heavy atom. The Kier molecular flexibility index (Phi) is 3.98. The van der Waals surface area contributed by atoms with Crippen LogP contribution >= 0.6 is 15.9 Å². The number of hydrogen-bond acceptors (Lipinski definition) is 2. The highest BCUT2D eigenvalue weighted by Gasteiger charge is 2.17. The van der Waals surface area contributed by atoms with Gasteiger partial charge in [-0.15, -0.1) is 0 Å². The van der Waals surface area contributed by atoms with Crippen LogP contribution in [0.1, 0.15) is 5.56 Å². The standard InChI is InChI=1S/C23H15BrFN3/c1-14-2-4-15(5-3-14)22-20-13-26-21-11-6-16(24)12-19(21)23(20)28(27-22)18-9-7-17(25)8-10-18/h2-13H,1H3. The number of fused-ring (bicyclic) bond motifs is 3. The lowest BCUT2D eigenvalue weighted by Gasteiger charge is -2.06. The molecule has 0 atom stereocenters. The van der Waals surface area contributed by atoms with Crippen molar-refractivity contribution in [3.8, 4) is 16.9 Å². The van der Waals surface area contributed by atoms with E-state index in [9.17, 15) is 4.39 Å². The lowest BCUT2D eigenvalue weighted by molar-refractivity contribution is 0.627. The fraction of sp³-hybridized carbons (Fsp3) is 0.0435. The van der Waals surface area contributed by atoms with E-state index in [1.165, 1.54) is 17.7 Å². The molecule has 5 rings (SSSR count). The van der Waals surface area contributed by atoms with Crippen molar-refractivity contribution >= 4 is 37.7 Å². The molecule has 2 heterocycles. The van der Waals surface area contributed by atoms with E-state index in [0.717, 1.165) is 43.2 Å². The van der Waals surface area contributed by atoms with Gasteiger partial charge in [-0.05, 0) is 49.4 Å². The van der Waals surface area contributed by atoms with Gasteiger partial charge in [0, 0.05) is 27.0 Å². The van der Waals surface area contributed by atoms with Crippen molar-refractivity contribution in [1.82, 2.24) is 14.8 Å². The Labute approximate surface area is 169 Å². The highest BCUT2D eigenvalue weighted by molar-refractivity contribution is 9.10. The first-order valence-electron chi connectivity index (χ1n) is 8.90. The zero-order chi connectivity index (χ0) is 19.3. The van der Waals surface area contributed by atoms with Crippen molar-refractivity contribution < 1.29 is 4.39 Å². The molecule has 0 saturated carbocycles. The molecule has 0 bridgehead atoms. The lowest BCUT2D eigenvalue weighted by Crippen LogP contribution is -1.97. The molecule has 5 heteroatoms. The summed E-state index contributed by atoms with van der Waals surface area (Å²) in [5.74, 6) is -0.270. The quantitative estimate of drug-likeness (QED) is 0.321. The van der Waals surface area contributed by atoms with E-state index >= 15 is 0 Å². The van der Waals surface area contributed by atoms with Gasteiger partial charge >= 0.3 is 0 Å². The van der Waals surface area contributed by atoms with Crippen molar-refractivity contribution in [1.29, 1.82) is 0 Å². The van der Waals surface area contributed by atoms with Crippen LogP contribution < -0.4 is 0 Å². The summed E-state index contributed by atoms with van der Waals surface area (Å²) in [5.41, 5.74) is 5.71. The van der Waals surface area contributed by atoms with Crippen molar-refractivity contribution in [2.45, 2.75) is 6.92 Å². The predicted octanol–water partition coefficient (Wildman–Crippen LogP) is 6.45. The summed E-state index contributed by atoms with van der Waals surface area (Å²) in [6.45, 7) is 2.06. The molecular weight excluding hydrogens is 417 g/mol. The largest absolute Gasteiger partial charge is 0.255 e. The second kappa shape index (κ2) is 6.53. The molecule has 3 nitrogen and oxygen atoms in total. The zero-order valence-corrected chi connectivity index (χ0v) is 16.6. The van der Waals surface area contributed by atoms with Crippen LogP contribution in [0.2, 0.25) is 0 Å². The van der Waals surface area contributed by atoms with Gasteiger partial charge in [-0.3, -0.25) is 4.98 Å². The number of halogens is 2. The Balaban J connectivity index is 1.90. The highest BCUT2D eigenvalue weighted by atomic mass is 79.9. The molecule has 0 aliphatic rings. The summed E-state index contributed by atoms with van der Waals surface area (Å²) in [6, 6.07) is 20.7. The molecule has 0 aliphatic heterocycles. The van der Waals surface area contributed by atoms with Crippen LogP contribution in [0.3, 0.4) is 0 Å². The number of rotatable bonds is 2. The van der Waals surface area contributed by atoms with Gasteiger partial charge < -0.3 is 0 Å². The van der Waals surface area contributed by atoms with E-state index in [1.807, 2.05) is 29.1 Å². The molecule has 0 N–H and O–H groups in total. The fourth-order valence-electron chi connectivity index (χ4n) is 3.45. The summed E-state index contributed by atoms with van der Waals surface area (Å²) < 4.78 is 16.3. The monoisotopic (exact) mass is 431 g/mol. The summed E-state index contributed by atoms with van der Waals surface area (Å²) in [5, 5.41) is 6.85. The molecule has 5 aromatic rings. The van der Waals surface area contributed by atoms with Crippen LogP contribution in [-0.4, -0.2) is 14.8 Å². The zero-order valence-electron chi connectivity index (χ0n) is 15.0. The van der Waals surface area contributed by atoms with E-state index in [-0.39, 0.29) is 5.82 Å². The SMILES string of the molecule is Cc1ccc(-c2nn(-c3ccc(F)cc3)c3c2cnc2ccc(Br)cc23)cc1. The Bertz CT molecular complexity index is 1320. The van der Waals surface area contributed by atoms with Gasteiger partial charge in [-0.1, -0.05) is 45.8 Å². The highest BCUT2D eigenvalue weighted by Crippen LogP contribution is 2.34. The van der Waals surface area contributed by atoms with Crippen molar-refractivity contribution in [3.63, 3.8) is 0 Å². The molecule has 136 valence electrons. The molecular formula is C23H15BrFN3. The molecule has 0 unspecified atom stereocenters. The molecule has 3 aromatic carbocycles. The van der Waals surface area contributed by atoms with Gasteiger partial charge in [-0.2, -0.15) is 5.10 Å². The fourth-order valence-corrected chi connectivity index (χ4v) is 3.81. The summed E-state index contributed by atoms with van der Waals surface area (Å²) in [6.07, 6.45) is 1.87. The van der Waals surface area contributed by atoms with E-state index in [4.69, 9.17) is 5.10 Å². The van der Waals surface area contributed by atoms with Crippen LogP contribution in [0.25, 0.3) is 38.8 Å². The first kappa shape index (κ1) is 17.1. The number of pyridine rings is 1. The van der Waals surface area contributed by atoms with Gasteiger partial charge in [0.25, 0.3) is 0 Å². The molecule has 28 heavy (non-hydrogen) atoms. The van der Waals surface area contributed by atoms with Gasteiger partial charge in [0.1, 0.15) is 11.5 Å². The second-order valence-electron chi connectivity index (χ2n) is 6.78. The smallest absolute Gasteiger partial charge is 0.123 e. The molecule has 2 aromatic heterocycles. The van der Waals surface area contributed by atoms with Gasteiger partial charge in [0.15, 0.2) is 0 Å². The molecule has 0 spiro atoms. The maximum Gasteiger partial charge on any atom is 0.123 e. The summed E-state index contributed by atoms with van der Waals surface area (Å²) >= 11 is 3.56. The minimum absolute atomic E-state index is 0.270. The first-order chi connectivity index (χ1) is 13.6. The van der Waals surface area contributed by atoms with Crippen LogP contribution in [0.5, 0.6) is 0 Å². The summed E-state index contributed by atoms with van der Waals surface area (Å²) in [4.78, 5) is 4.64. The van der Waals surface area contributed by atoms with Gasteiger partial charge in [0.05, 0.1) is 16.7 Å². The lowest BCUT2D eigenvalue weighted by atomic mass is 10.1. The average molecular weight is 432 g/mol. The average Bonchev–Trinajstić information content (AvgIpc) is 3.09. The maximum absolute atomic E-state index is 13.5. The third-order valence-corrected chi connectivity index (χ3v) is 5.36. The third-order valence-electron chi connectivity index (χ3n) is 4.86. The number of benzene rings is 3. The first-order valence-corrected chi connectivity index (χ1v) is 9.69. The molecule has 0 aliphatic carbocycles. The summed E-state index contributed by atoms with van der Waals surface area (Å²) in [7, 11) is 0. The third kappa shape index (κ3) is 2.79. The number of aryl methyl sites for hydroxylation is 1. The van der Waals surface area contributed by atoms with E-state index < -0.39 is 0 Å². The Hall–Kier alpha value is -3.05. The van der Waals surface area contributed by atoms with Crippen LogP contribution in [-0.2, 0) is 0 Å². The van der Waals surface area contributed by atoms with E-state index in [1.54, 1.807) is 12.1 Å². The van der Waals surface area contributed by atoms with Crippen LogP contribution in [0.15, 0.2) is 77.4 Å². The van der Waals surface area contributed by atoms with E-state index in [2.05, 4.69) is 52.1 Å². The Morgan fingerprint density at radius 3 is 2.39 bits per heavy atom. The molecule has 0 radical (unpaired) electrons. The second-order valence-corrected chi connectivity index (χ2v) is 7.70. The maximum atomic E-state index is 13.5. The van der Waals surface area contributed by atoms with Gasteiger partial charge in [-0.25, -0.2) is 9.07 Å². The predicted molar refractivity (Wildman–Crippen MR) is 114 cm³/mol. The molecule has 0 saturated heterocycles. The molecule has 0 fully saturated rings. The van der Waals surface area contributed by atoms with Crippen LogP contribution in [0, 0.1) is 12.7 Å².